The lowest BCUT2D eigenvalue weighted by atomic mass is 10.2. The first-order chi connectivity index (χ1) is 5.66. The molecule has 0 radical (unpaired) electrons. The summed E-state index contributed by atoms with van der Waals surface area (Å²) in [4.78, 5) is 11.2. The molecule has 0 amide bonds. The molecular weight excluding hydrogens is 222 g/mol. The average Bonchev–Trinajstić information content (AvgIpc) is 2.25. The van der Waals surface area contributed by atoms with Gasteiger partial charge in [0.2, 0.25) is 0 Å². The molecule has 0 fully saturated rings. The number of aromatic amines is 1. The van der Waals surface area contributed by atoms with Crippen molar-refractivity contribution in [1.29, 1.82) is 0 Å². The molecule has 1 heterocycles. The van der Waals surface area contributed by atoms with Crippen LogP contribution in [0, 0.1) is 0 Å². The van der Waals surface area contributed by atoms with Gasteiger partial charge in [-0.3, -0.25) is 14.6 Å². The SMILES string of the molecule is Cn1[nH]c(=O)c(CCCN)c1Br. The summed E-state index contributed by atoms with van der Waals surface area (Å²) >= 11 is 3.32. The zero-order valence-corrected chi connectivity index (χ0v) is 8.52. The molecule has 4 nitrogen and oxygen atoms in total. The van der Waals surface area contributed by atoms with Gasteiger partial charge < -0.3 is 5.73 Å². The van der Waals surface area contributed by atoms with Gasteiger partial charge in [0.05, 0.1) is 5.56 Å². The van der Waals surface area contributed by atoms with Crippen LogP contribution in [0.1, 0.15) is 12.0 Å². The van der Waals surface area contributed by atoms with Gasteiger partial charge in [-0.1, -0.05) is 0 Å². The predicted octanol–water partition coefficient (Wildman–Crippen LogP) is 0.367. The molecule has 3 N–H and O–H groups in total. The summed E-state index contributed by atoms with van der Waals surface area (Å²) in [6.45, 7) is 0.612. The van der Waals surface area contributed by atoms with Crippen LogP contribution in [0.3, 0.4) is 0 Å². The second-order valence-corrected chi connectivity index (χ2v) is 3.41. The van der Waals surface area contributed by atoms with Crippen molar-refractivity contribution in [2.45, 2.75) is 12.8 Å². The quantitative estimate of drug-likeness (QED) is 0.793. The third-order valence-corrected chi connectivity index (χ3v) is 2.73. The molecule has 0 aliphatic rings. The Kier molecular flexibility index (Phi) is 3.11. The highest BCUT2D eigenvalue weighted by Gasteiger charge is 2.08. The molecule has 5 heteroatoms. The summed E-state index contributed by atoms with van der Waals surface area (Å²) < 4.78 is 2.48. The van der Waals surface area contributed by atoms with Gasteiger partial charge in [0.25, 0.3) is 5.56 Å². The summed E-state index contributed by atoms with van der Waals surface area (Å²) in [6.07, 6.45) is 1.57. The second kappa shape index (κ2) is 3.91. The Morgan fingerprint density at radius 2 is 2.33 bits per heavy atom. The smallest absolute Gasteiger partial charge is 0.268 e. The minimum atomic E-state index is -0.0298. The number of nitrogens with zero attached hydrogens (tertiary/aromatic N) is 1. The highest BCUT2D eigenvalue weighted by Crippen LogP contribution is 2.12. The highest BCUT2D eigenvalue weighted by molar-refractivity contribution is 9.10. The zero-order valence-electron chi connectivity index (χ0n) is 6.93. The Balaban J connectivity index is 2.90. The van der Waals surface area contributed by atoms with Gasteiger partial charge in [-0.05, 0) is 35.3 Å². The molecule has 0 aromatic carbocycles. The third-order valence-electron chi connectivity index (χ3n) is 1.72. The van der Waals surface area contributed by atoms with E-state index in [0.717, 1.165) is 23.0 Å². The monoisotopic (exact) mass is 233 g/mol. The van der Waals surface area contributed by atoms with Gasteiger partial charge in [-0.25, -0.2) is 0 Å². The number of H-pyrrole nitrogens is 1. The molecule has 0 saturated heterocycles. The molecule has 0 bridgehead atoms. The Bertz CT molecular complexity index is 315. The normalized spacial score (nSPS) is 10.6. The number of aryl methyl sites for hydroxylation is 1. The van der Waals surface area contributed by atoms with Crippen LogP contribution in [0.15, 0.2) is 9.40 Å². The van der Waals surface area contributed by atoms with Crippen molar-refractivity contribution in [1.82, 2.24) is 9.78 Å². The molecule has 12 heavy (non-hydrogen) atoms. The van der Waals surface area contributed by atoms with Crippen molar-refractivity contribution in [3.8, 4) is 0 Å². The van der Waals surface area contributed by atoms with Crippen molar-refractivity contribution in [3.63, 3.8) is 0 Å². The van der Waals surface area contributed by atoms with Gasteiger partial charge >= 0.3 is 0 Å². The summed E-state index contributed by atoms with van der Waals surface area (Å²) in [5.41, 5.74) is 6.10. The molecular formula is C7H12BrN3O. The first-order valence-electron chi connectivity index (χ1n) is 3.80. The van der Waals surface area contributed by atoms with E-state index in [4.69, 9.17) is 5.73 Å². The molecule has 0 spiro atoms. The number of nitrogens with one attached hydrogen (secondary N) is 1. The van der Waals surface area contributed by atoms with E-state index in [0.29, 0.717) is 6.54 Å². The maximum absolute atomic E-state index is 11.2. The van der Waals surface area contributed by atoms with Crippen LogP contribution in [-0.2, 0) is 13.5 Å². The van der Waals surface area contributed by atoms with E-state index in [9.17, 15) is 4.79 Å². The summed E-state index contributed by atoms with van der Waals surface area (Å²) in [7, 11) is 1.79. The zero-order chi connectivity index (χ0) is 9.14. The number of halogens is 1. The maximum atomic E-state index is 11.2. The standard InChI is InChI=1S/C7H12BrN3O/c1-11-6(8)5(3-2-4-9)7(12)10-11/h2-4,9H2,1H3,(H,10,12). The van der Waals surface area contributed by atoms with Crippen LogP contribution in [-0.4, -0.2) is 16.3 Å². The molecule has 0 saturated carbocycles. The fraction of sp³-hybridized carbons (Fsp3) is 0.571. The Labute approximate surface area is 78.9 Å². The average molecular weight is 234 g/mol. The lowest BCUT2D eigenvalue weighted by molar-refractivity contribution is 0.738. The number of hydrogen-bond donors (Lipinski definition) is 2. The van der Waals surface area contributed by atoms with Crippen LogP contribution in [0.25, 0.3) is 0 Å². The first kappa shape index (κ1) is 9.54. The van der Waals surface area contributed by atoms with Crippen LogP contribution < -0.4 is 11.3 Å². The minimum Gasteiger partial charge on any atom is -0.330 e. The van der Waals surface area contributed by atoms with Crippen molar-refractivity contribution in [2.24, 2.45) is 12.8 Å². The van der Waals surface area contributed by atoms with E-state index in [-0.39, 0.29) is 5.56 Å². The van der Waals surface area contributed by atoms with E-state index in [1.54, 1.807) is 11.7 Å². The van der Waals surface area contributed by atoms with Crippen molar-refractivity contribution < 1.29 is 0 Å². The topological polar surface area (TPSA) is 63.8 Å². The van der Waals surface area contributed by atoms with Crippen LogP contribution in [0.4, 0.5) is 0 Å². The van der Waals surface area contributed by atoms with E-state index < -0.39 is 0 Å². The molecule has 68 valence electrons. The number of nitrogens with two attached hydrogens (primary N) is 1. The molecule has 1 aromatic rings. The van der Waals surface area contributed by atoms with Crippen LogP contribution in [0.2, 0.25) is 0 Å². The Morgan fingerprint density at radius 3 is 2.75 bits per heavy atom. The van der Waals surface area contributed by atoms with E-state index >= 15 is 0 Å². The highest BCUT2D eigenvalue weighted by atomic mass is 79.9. The van der Waals surface area contributed by atoms with Crippen LogP contribution in [0.5, 0.6) is 0 Å². The maximum Gasteiger partial charge on any atom is 0.268 e. The summed E-state index contributed by atoms with van der Waals surface area (Å²) in [5.74, 6) is 0. The number of rotatable bonds is 3. The molecule has 1 aromatic heterocycles. The first-order valence-corrected chi connectivity index (χ1v) is 4.59. The third kappa shape index (κ3) is 1.78. The number of hydrogen-bond acceptors (Lipinski definition) is 2. The second-order valence-electron chi connectivity index (χ2n) is 2.66. The van der Waals surface area contributed by atoms with Gasteiger partial charge in [0.15, 0.2) is 0 Å². The lowest BCUT2D eigenvalue weighted by Crippen LogP contribution is -2.09. The van der Waals surface area contributed by atoms with E-state index in [1.165, 1.54) is 0 Å². The van der Waals surface area contributed by atoms with Gasteiger partial charge in [-0.15, -0.1) is 0 Å². The lowest BCUT2D eigenvalue weighted by Gasteiger charge is -1.95. The molecule has 0 unspecified atom stereocenters. The summed E-state index contributed by atoms with van der Waals surface area (Å²) in [6, 6.07) is 0. The molecule has 0 atom stereocenters. The van der Waals surface area contributed by atoms with Crippen molar-refractivity contribution in [3.05, 3.63) is 20.5 Å². The fourth-order valence-electron chi connectivity index (χ4n) is 1.06. The molecule has 0 aliphatic heterocycles. The van der Waals surface area contributed by atoms with Gasteiger partial charge in [-0.2, -0.15) is 0 Å². The fourth-order valence-corrected chi connectivity index (χ4v) is 1.53. The minimum absolute atomic E-state index is 0.0298. The van der Waals surface area contributed by atoms with E-state index in [2.05, 4.69) is 21.0 Å². The van der Waals surface area contributed by atoms with Crippen LogP contribution >= 0.6 is 15.9 Å². The largest absolute Gasteiger partial charge is 0.330 e. The molecule has 1 rings (SSSR count). The Morgan fingerprint density at radius 1 is 1.67 bits per heavy atom. The molecule has 0 aliphatic carbocycles. The van der Waals surface area contributed by atoms with Crippen molar-refractivity contribution in [2.75, 3.05) is 6.54 Å². The van der Waals surface area contributed by atoms with Gasteiger partial charge in [0.1, 0.15) is 4.60 Å². The predicted molar refractivity (Wildman–Crippen MR) is 51.1 cm³/mol. The van der Waals surface area contributed by atoms with Gasteiger partial charge in [0, 0.05) is 7.05 Å². The number of aromatic nitrogens is 2. The van der Waals surface area contributed by atoms with E-state index in [1.807, 2.05) is 0 Å². The van der Waals surface area contributed by atoms with Crippen molar-refractivity contribution >= 4 is 15.9 Å². The summed E-state index contributed by atoms with van der Waals surface area (Å²) in [5, 5.41) is 2.66. The Hall–Kier alpha value is -0.550.